The van der Waals surface area contributed by atoms with Gasteiger partial charge in [-0.1, -0.05) is 17.3 Å². The molecule has 2 rings (SSSR count). The molecule has 5 heteroatoms. The number of oxime groups is 1. The molecule has 2 atom stereocenters. The topological polar surface area (TPSA) is 49.3 Å². The maximum atomic E-state index is 6.27. The Bertz CT molecular complexity index is 574. The van der Waals surface area contributed by atoms with Gasteiger partial charge in [-0.05, 0) is 56.9 Å². The molecule has 0 aliphatic heterocycles. The lowest BCUT2D eigenvalue weighted by Crippen LogP contribution is -2.17. The molecule has 0 radical (unpaired) electrons. The van der Waals surface area contributed by atoms with Crippen LogP contribution in [0.2, 0.25) is 0 Å². The summed E-state index contributed by atoms with van der Waals surface area (Å²) in [4.78, 5) is 4.62. The molecule has 0 spiro atoms. The summed E-state index contributed by atoms with van der Waals surface area (Å²) in [6.07, 6.45) is 8.93. The number of hydrogen-bond acceptors (Lipinski definition) is 5. The molecular formula is C20H29NO4. The van der Waals surface area contributed by atoms with E-state index >= 15 is 0 Å². The van der Waals surface area contributed by atoms with Gasteiger partial charge in [-0.25, -0.2) is 0 Å². The lowest BCUT2D eigenvalue weighted by Gasteiger charge is -2.19. The third-order valence-corrected chi connectivity index (χ3v) is 4.22. The second-order valence-electron chi connectivity index (χ2n) is 6.25. The van der Waals surface area contributed by atoms with Crippen LogP contribution in [0.25, 0.3) is 0 Å². The minimum atomic E-state index is 0.191. The van der Waals surface area contributed by atoms with Gasteiger partial charge < -0.3 is 19.0 Å². The second kappa shape index (κ2) is 10.1. The molecule has 1 fully saturated rings. The zero-order valence-electron chi connectivity index (χ0n) is 15.7. The summed E-state index contributed by atoms with van der Waals surface area (Å²) in [5.41, 5.74) is 2.21. The summed E-state index contributed by atoms with van der Waals surface area (Å²) < 4.78 is 17.8. The van der Waals surface area contributed by atoms with Crippen molar-refractivity contribution in [2.75, 3.05) is 20.3 Å². The molecule has 2 unspecified atom stereocenters. The number of aryl methyl sites for hydroxylation is 2. The average molecular weight is 347 g/mol. The zero-order chi connectivity index (χ0) is 18.1. The van der Waals surface area contributed by atoms with Crippen LogP contribution >= 0.6 is 0 Å². The van der Waals surface area contributed by atoms with Crippen LogP contribution in [-0.4, -0.2) is 38.7 Å². The fourth-order valence-electron chi connectivity index (χ4n) is 3.03. The van der Waals surface area contributed by atoms with Gasteiger partial charge in [0.25, 0.3) is 0 Å². The average Bonchev–Trinajstić information content (AvgIpc) is 3.03. The van der Waals surface area contributed by atoms with Crippen LogP contribution in [0.4, 0.5) is 0 Å². The predicted molar refractivity (Wildman–Crippen MR) is 99.7 cm³/mol. The maximum absolute atomic E-state index is 6.27. The van der Waals surface area contributed by atoms with E-state index in [1.54, 1.807) is 6.21 Å². The Hall–Kier alpha value is -2.01. The highest BCUT2D eigenvalue weighted by Crippen LogP contribution is 2.33. The van der Waals surface area contributed by atoms with E-state index in [0.29, 0.717) is 13.2 Å². The van der Waals surface area contributed by atoms with Crippen LogP contribution < -0.4 is 9.47 Å². The van der Waals surface area contributed by atoms with Gasteiger partial charge in [0.05, 0.1) is 18.9 Å². The third-order valence-electron chi connectivity index (χ3n) is 4.22. The Balaban J connectivity index is 1.89. The molecule has 5 nitrogen and oxygen atoms in total. The lowest BCUT2D eigenvalue weighted by molar-refractivity contribution is 0.0757. The summed E-state index contributed by atoms with van der Waals surface area (Å²) in [5.74, 6) is 1.84. The standard InChI is InChI=1S/C20H29NO4/c1-5-6-10-23-19-12-15(2)20(16(3)13-19)25-18-8-7-17(14-18)24-11-9-21-22-4/h5-6,9,12-13,17-18H,7-8,10-11,14H2,1-4H3/b6-5+,21-9-. The Kier molecular flexibility index (Phi) is 7.79. The van der Waals surface area contributed by atoms with Crippen LogP contribution in [0.15, 0.2) is 29.4 Å². The maximum Gasteiger partial charge on any atom is 0.125 e. The number of benzene rings is 1. The van der Waals surface area contributed by atoms with Crippen LogP contribution in [-0.2, 0) is 9.57 Å². The van der Waals surface area contributed by atoms with Crippen molar-refractivity contribution in [1.29, 1.82) is 0 Å². The first kappa shape index (κ1) is 19.3. The highest BCUT2D eigenvalue weighted by Gasteiger charge is 2.27. The van der Waals surface area contributed by atoms with E-state index in [4.69, 9.17) is 14.2 Å². The first-order chi connectivity index (χ1) is 12.1. The fourth-order valence-corrected chi connectivity index (χ4v) is 3.03. The van der Waals surface area contributed by atoms with Gasteiger partial charge in [0.1, 0.15) is 31.3 Å². The Morgan fingerprint density at radius 1 is 1.12 bits per heavy atom. The molecule has 1 aliphatic rings. The van der Waals surface area contributed by atoms with E-state index in [1.165, 1.54) is 7.11 Å². The molecule has 1 aliphatic carbocycles. The normalized spacial score (nSPS) is 20.5. The minimum absolute atomic E-state index is 0.191. The molecule has 1 aromatic rings. The van der Waals surface area contributed by atoms with Gasteiger partial charge in [-0.15, -0.1) is 0 Å². The van der Waals surface area contributed by atoms with Crippen LogP contribution in [0, 0.1) is 13.8 Å². The van der Waals surface area contributed by atoms with Gasteiger partial charge >= 0.3 is 0 Å². The summed E-state index contributed by atoms with van der Waals surface area (Å²) in [6, 6.07) is 4.08. The van der Waals surface area contributed by atoms with Gasteiger partial charge in [0.2, 0.25) is 0 Å². The summed E-state index contributed by atoms with van der Waals surface area (Å²) in [6.45, 7) is 7.18. The Morgan fingerprint density at radius 2 is 1.84 bits per heavy atom. The van der Waals surface area contributed by atoms with Crippen molar-refractivity contribution >= 4 is 6.21 Å². The Morgan fingerprint density at radius 3 is 2.52 bits per heavy atom. The number of ether oxygens (including phenoxy) is 3. The van der Waals surface area contributed by atoms with Crippen molar-refractivity contribution < 1.29 is 19.0 Å². The summed E-state index contributed by atoms with van der Waals surface area (Å²) in [7, 11) is 1.53. The van der Waals surface area contributed by atoms with Crippen molar-refractivity contribution in [2.45, 2.75) is 52.2 Å². The Labute approximate surface area is 150 Å². The van der Waals surface area contributed by atoms with Crippen molar-refractivity contribution in [3.05, 3.63) is 35.4 Å². The first-order valence-electron chi connectivity index (χ1n) is 8.82. The van der Waals surface area contributed by atoms with Gasteiger partial charge in [0, 0.05) is 6.42 Å². The summed E-state index contributed by atoms with van der Waals surface area (Å²) >= 11 is 0. The monoisotopic (exact) mass is 347 g/mol. The fraction of sp³-hybridized carbons (Fsp3) is 0.550. The van der Waals surface area contributed by atoms with E-state index in [0.717, 1.165) is 41.9 Å². The van der Waals surface area contributed by atoms with Gasteiger partial charge in [-0.3, -0.25) is 0 Å². The lowest BCUT2D eigenvalue weighted by atomic mass is 10.1. The van der Waals surface area contributed by atoms with Gasteiger partial charge in [-0.2, -0.15) is 0 Å². The first-order valence-corrected chi connectivity index (χ1v) is 8.82. The van der Waals surface area contributed by atoms with Crippen LogP contribution in [0.3, 0.4) is 0 Å². The number of hydrogen-bond donors (Lipinski definition) is 0. The molecule has 0 N–H and O–H groups in total. The molecule has 0 heterocycles. The van der Waals surface area contributed by atoms with E-state index in [2.05, 4.69) is 23.8 Å². The molecule has 25 heavy (non-hydrogen) atoms. The number of allylic oxidation sites excluding steroid dienone is 1. The van der Waals surface area contributed by atoms with Crippen LogP contribution in [0.5, 0.6) is 11.5 Å². The predicted octanol–water partition coefficient (Wildman–Crippen LogP) is 4.21. The SMILES string of the molecule is C/C=C/COc1cc(C)c(OC2CCC(OC/C=N\OC)C2)c(C)c1. The highest BCUT2D eigenvalue weighted by atomic mass is 16.6. The molecule has 0 aromatic heterocycles. The number of nitrogens with zero attached hydrogens (tertiary/aromatic N) is 1. The highest BCUT2D eigenvalue weighted by molar-refractivity contribution is 5.57. The summed E-state index contributed by atoms with van der Waals surface area (Å²) in [5, 5.41) is 3.68. The molecule has 138 valence electrons. The zero-order valence-corrected chi connectivity index (χ0v) is 15.7. The molecule has 0 bridgehead atoms. The largest absolute Gasteiger partial charge is 0.490 e. The molecule has 0 amide bonds. The second-order valence-corrected chi connectivity index (χ2v) is 6.25. The van der Waals surface area contributed by atoms with Gasteiger partial charge in [0.15, 0.2) is 0 Å². The minimum Gasteiger partial charge on any atom is -0.490 e. The molecule has 1 aromatic carbocycles. The quantitative estimate of drug-likeness (QED) is 0.381. The van der Waals surface area contributed by atoms with E-state index in [-0.39, 0.29) is 12.2 Å². The number of rotatable bonds is 9. The van der Waals surface area contributed by atoms with Crippen molar-refractivity contribution in [2.24, 2.45) is 5.16 Å². The molecule has 1 saturated carbocycles. The smallest absolute Gasteiger partial charge is 0.125 e. The van der Waals surface area contributed by atoms with E-state index in [1.807, 2.05) is 31.2 Å². The molecule has 0 saturated heterocycles. The van der Waals surface area contributed by atoms with Crippen molar-refractivity contribution in [1.82, 2.24) is 0 Å². The third kappa shape index (κ3) is 6.09. The van der Waals surface area contributed by atoms with Crippen molar-refractivity contribution in [3.8, 4) is 11.5 Å². The van der Waals surface area contributed by atoms with Crippen LogP contribution in [0.1, 0.15) is 37.3 Å². The van der Waals surface area contributed by atoms with E-state index in [9.17, 15) is 0 Å². The molecular weight excluding hydrogens is 318 g/mol. The van der Waals surface area contributed by atoms with E-state index < -0.39 is 0 Å². The van der Waals surface area contributed by atoms with Crippen molar-refractivity contribution in [3.63, 3.8) is 0 Å².